The van der Waals surface area contributed by atoms with Gasteiger partial charge in [0.1, 0.15) is 23.1 Å². The number of nitrogens with zero attached hydrogens (tertiary/aromatic N) is 4. The van der Waals surface area contributed by atoms with Crippen LogP contribution in [0.3, 0.4) is 0 Å². The second kappa shape index (κ2) is 11.8. The summed E-state index contributed by atoms with van der Waals surface area (Å²) in [6, 6.07) is 12.5. The fourth-order valence-corrected chi connectivity index (χ4v) is 6.96. The number of pyridine rings is 2. The molecule has 0 radical (unpaired) electrons. The quantitative estimate of drug-likeness (QED) is 0.209. The summed E-state index contributed by atoms with van der Waals surface area (Å²) < 4.78 is 47.0. The molecule has 0 amide bonds. The van der Waals surface area contributed by atoms with Gasteiger partial charge in [0.25, 0.3) is 0 Å². The maximum Gasteiger partial charge on any atom is 0.433 e. The van der Waals surface area contributed by atoms with Gasteiger partial charge in [0.2, 0.25) is 0 Å². The predicted octanol–water partition coefficient (Wildman–Crippen LogP) is 6.70. The molecule has 3 aromatic heterocycles. The van der Waals surface area contributed by atoms with E-state index in [0.29, 0.717) is 39.1 Å². The summed E-state index contributed by atoms with van der Waals surface area (Å²) in [5.41, 5.74) is 2.26. The molecule has 1 spiro atoms. The molecule has 44 heavy (non-hydrogen) atoms. The highest BCUT2D eigenvalue weighted by atomic mass is 79.9. The first-order chi connectivity index (χ1) is 21.1. The third-order valence-corrected chi connectivity index (χ3v) is 9.05. The number of imidazole rings is 1. The number of aromatic nitrogens is 4. The number of fused-ring (bicyclic) bond motifs is 1. The van der Waals surface area contributed by atoms with E-state index < -0.39 is 29.3 Å². The van der Waals surface area contributed by atoms with Gasteiger partial charge in [-0.1, -0.05) is 31.4 Å². The van der Waals surface area contributed by atoms with Crippen LogP contribution in [0.4, 0.5) is 13.2 Å². The lowest BCUT2D eigenvalue weighted by molar-refractivity contribution is -0.146. The summed E-state index contributed by atoms with van der Waals surface area (Å²) in [4.78, 5) is 38.7. The number of rotatable bonds is 8. The number of carbonyl (C=O) groups is 2. The van der Waals surface area contributed by atoms with Gasteiger partial charge in [-0.05, 0) is 77.7 Å². The van der Waals surface area contributed by atoms with E-state index in [9.17, 15) is 22.8 Å². The first-order valence-corrected chi connectivity index (χ1v) is 15.3. The van der Waals surface area contributed by atoms with Crippen molar-refractivity contribution in [1.29, 1.82) is 0 Å². The Balaban J connectivity index is 1.30. The van der Waals surface area contributed by atoms with Crippen LogP contribution in [0, 0.1) is 5.41 Å². The molecule has 1 aromatic carbocycles. The van der Waals surface area contributed by atoms with Crippen molar-refractivity contribution < 1.29 is 27.5 Å². The highest BCUT2D eigenvalue weighted by Gasteiger charge is 2.53. The predicted molar refractivity (Wildman–Crippen MR) is 161 cm³/mol. The first-order valence-electron chi connectivity index (χ1n) is 14.5. The monoisotopic (exact) mass is 667 g/mol. The van der Waals surface area contributed by atoms with Gasteiger partial charge in [-0.2, -0.15) is 13.2 Å². The Hall–Kier alpha value is -4.06. The molecule has 1 N–H and O–H groups in total. The molecule has 1 atom stereocenters. The zero-order chi connectivity index (χ0) is 31.1. The molecule has 12 heteroatoms. The standard InChI is InChI=1S/C32H29BrF3N5O3/c1-2-44-30(43)23(39-26-25(33)27(42)31(26)14-4-3-5-15-31)17-19-8-11-21(12-9-19)41-28(40-22-7-6-16-37-29(22)41)20-10-13-24(38-18-20)32(34,35)36/h6-13,16,18,23,39H,2-5,14-15,17H2,1H3/t23-/m0/s1. The molecule has 1 fully saturated rings. The van der Waals surface area contributed by atoms with Gasteiger partial charge >= 0.3 is 12.1 Å². The van der Waals surface area contributed by atoms with E-state index in [1.54, 1.807) is 29.8 Å². The van der Waals surface area contributed by atoms with Crippen LogP contribution in [-0.2, 0) is 26.9 Å². The molecular formula is C32H29BrF3N5O3. The molecule has 0 bridgehead atoms. The van der Waals surface area contributed by atoms with Crippen LogP contribution in [-0.4, -0.2) is 43.9 Å². The highest BCUT2D eigenvalue weighted by molar-refractivity contribution is 9.12. The second-order valence-corrected chi connectivity index (χ2v) is 11.8. The van der Waals surface area contributed by atoms with Crippen molar-refractivity contribution in [2.24, 2.45) is 5.41 Å². The third kappa shape index (κ3) is 5.40. The van der Waals surface area contributed by atoms with E-state index in [2.05, 4.69) is 36.2 Å². The number of allylic oxidation sites excluding steroid dienone is 2. The van der Waals surface area contributed by atoms with Crippen molar-refractivity contribution >= 4 is 38.8 Å². The summed E-state index contributed by atoms with van der Waals surface area (Å²) in [6.07, 6.45) is 3.07. The lowest BCUT2D eigenvalue weighted by atomic mass is 9.62. The molecular weight excluding hydrogens is 639 g/mol. The van der Waals surface area contributed by atoms with E-state index in [-0.39, 0.29) is 12.4 Å². The Morgan fingerprint density at radius 2 is 1.84 bits per heavy atom. The van der Waals surface area contributed by atoms with Gasteiger partial charge in [0.05, 0.1) is 16.5 Å². The van der Waals surface area contributed by atoms with Crippen LogP contribution in [0.5, 0.6) is 0 Å². The Bertz CT molecular complexity index is 1740. The fourth-order valence-electron chi connectivity index (χ4n) is 6.09. The molecule has 1 saturated carbocycles. The molecule has 8 nitrogen and oxygen atoms in total. The minimum atomic E-state index is -4.55. The van der Waals surface area contributed by atoms with E-state index in [1.807, 2.05) is 24.3 Å². The number of esters is 1. The maximum atomic E-state index is 13.1. The Morgan fingerprint density at radius 3 is 2.50 bits per heavy atom. The molecule has 2 aliphatic rings. The smallest absolute Gasteiger partial charge is 0.433 e. The Kier molecular flexibility index (Phi) is 8.04. The number of nitrogens with one attached hydrogen (secondary N) is 1. The van der Waals surface area contributed by atoms with Crippen molar-refractivity contribution in [3.8, 4) is 17.1 Å². The summed E-state index contributed by atoms with van der Waals surface area (Å²) in [5.74, 6) is 0.0754. The molecule has 0 unspecified atom stereocenters. The number of alkyl halides is 3. The van der Waals surface area contributed by atoms with Crippen molar-refractivity contribution in [3.05, 3.63) is 82.4 Å². The van der Waals surface area contributed by atoms with Gasteiger partial charge < -0.3 is 10.1 Å². The zero-order valence-corrected chi connectivity index (χ0v) is 25.4. The number of ether oxygens (including phenoxy) is 1. The summed E-state index contributed by atoms with van der Waals surface area (Å²) in [7, 11) is 0. The summed E-state index contributed by atoms with van der Waals surface area (Å²) in [5, 5.41) is 3.36. The van der Waals surface area contributed by atoms with E-state index in [0.717, 1.165) is 55.6 Å². The zero-order valence-electron chi connectivity index (χ0n) is 23.8. The maximum absolute atomic E-state index is 13.1. The van der Waals surface area contributed by atoms with Crippen LogP contribution < -0.4 is 5.32 Å². The fraction of sp³-hybridized carbons (Fsp3) is 0.344. The van der Waals surface area contributed by atoms with Crippen LogP contribution >= 0.6 is 15.9 Å². The van der Waals surface area contributed by atoms with Gasteiger partial charge in [0.15, 0.2) is 11.4 Å². The minimum Gasteiger partial charge on any atom is -0.464 e. The largest absolute Gasteiger partial charge is 0.464 e. The number of carbonyl (C=O) groups excluding carboxylic acids is 2. The van der Waals surface area contributed by atoms with Crippen molar-refractivity contribution in [1.82, 2.24) is 24.8 Å². The Morgan fingerprint density at radius 1 is 1.09 bits per heavy atom. The number of hydrogen-bond donors (Lipinski definition) is 1. The molecule has 6 rings (SSSR count). The molecule has 0 saturated heterocycles. The van der Waals surface area contributed by atoms with Crippen LogP contribution in [0.25, 0.3) is 28.2 Å². The van der Waals surface area contributed by atoms with E-state index in [1.165, 1.54) is 6.07 Å². The first kappa shape index (κ1) is 30.0. The van der Waals surface area contributed by atoms with Crippen molar-refractivity contribution in [3.63, 3.8) is 0 Å². The van der Waals surface area contributed by atoms with Crippen LogP contribution in [0.15, 0.2) is 71.1 Å². The molecule has 0 aliphatic heterocycles. The SMILES string of the molecule is CCOC(=O)[C@H](Cc1ccc(-n2c(-c3ccc(C(F)(F)F)nc3)nc3cccnc32)cc1)NC1=C(Br)C(=O)C12CCCCC2. The molecule has 2 aliphatic carbocycles. The molecule has 228 valence electrons. The van der Waals surface area contributed by atoms with Gasteiger partial charge in [0, 0.05) is 35.8 Å². The number of ketones is 1. The number of halogens is 4. The second-order valence-electron chi connectivity index (χ2n) is 11.0. The van der Waals surface area contributed by atoms with Crippen LogP contribution in [0.1, 0.15) is 50.3 Å². The highest BCUT2D eigenvalue weighted by Crippen LogP contribution is 2.53. The summed E-state index contributed by atoms with van der Waals surface area (Å²) in [6.45, 7) is 1.98. The van der Waals surface area contributed by atoms with Crippen LogP contribution in [0.2, 0.25) is 0 Å². The average molecular weight is 669 g/mol. The molecule has 3 heterocycles. The van der Waals surface area contributed by atoms with E-state index >= 15 is 0 Å². The normalized spacial score (nSPS) is 17.1. The van der Waals surface area contributed by atoms with Gasteiger partial charge in [-0.25, -0.2) is 14.8 Å². The number of hydrogen-bond acceptors (Lipinski definition) is 7. The average Bonchev–Trinajstić information content (AvgIpc) is 3.42. The third-order valence-electron chi connectivity index (χ3n) is 8.29. The van der Waals surface area contributed by atoms with E-state index in [4.69, 9.17) is 4.74 Å². The number of Topliss-reactive ketones (excluding diaryl/α,β-unsaturated/α-hetero) is 1. The van der Waals surface area contributed by atoms with Gasteiger partial charge in [-0.15, -0.1) is 0 Å². The Labute approximate surface area is 259 Å². The van der Waals surface area contributed by atoms with Gasteiger partial charge in [-0.3, -0.25) is 14.3 Å². The number of benzene rings is 1. The molecule has 4 aromatic rings. The lowest BCUT2D eigenvalue weighted by Crippen LogP contribution is -2.53. The van der Waals surface area contributed by atoms with Crippen molar-refractivity contribution in [2.45, 2.75) is 57.7 Å². The van der Waals surface area contributed by atoms with Crippen molar-refractivity contribution in [2.75, 3.05) is 6.61 Å². The topological polar surface area (TPSA) is 99.0 Å². The summed E-state index contributed by atoms with van der Waals surface area (Å²) >= 11 is 3.44. The minimum absolute atomic E-state index is 0.0897. The lowest BCUT2D eigenvalue weighted by Gasteiger charge is -2.46.